The second-order valence-electron chi connectivity index (χ2n) is 3.21. The summed E-state index contributed by atoms with van der Waals surface area (Å²) in [5, 5.41) is 5.30. The summed E-state index contributed by atoms with van der Waals surface area (Å²) < 4.78 is 22.3. The van der Waals surface area contributed by atoms with Gasteiger partial charge < -0.3 is 4.98 Å². The first-order valence-corrected chi connectivity index (χ1v) is 6.16. The highest BCUT2D eigenvalue weighted by atomic mass is 35.5. The summed E-state index contributed by atoms with van der Waals surface area (Å²) in [6.07, 6.45) is 1.44. The van der Waals surface area contributed by atoms with E-state index in [1.54, 1.807) is 0 Å². The molecule has 0 atom stereocenters. The summed E-state index contributed by atoms with van der Waals surface area (Å²) >= 11 is 5.85. The molecular formula is C9H7ClN2O3S. The molecule has 1 aromatic heterocycles. The van der Waals surface area contributed by atoms with Crippen LogP contribution in [-0.2, 0) is 10.0 Å². The second-order valence-corrected chi connectivity index (χ2v) is 5.18. The lowest BCUT2D eigenvalue weighted by atomic mass is 10.2. The van der Waals surface area contributed by atoms with Crippen molar-refractivity contribution >= 4 is 32.5 Å². The van der Waals surface area contributed by atoms with Crippen LogP contribution >= 0.6 is 11.6 Å². The van der Waals surface area contributed by atoms with E-state index in [4.69, 9.17) is 16.7 Å². The molecule has 0 radical (unpaired) electrons. The number of sulfonamides is 1. The molecule has 3 N–H and O–H groups in total. The Morgan fingerprint density at radius 2 is 2.00 bits per heavy atom. The number of aromatic amines is 1. The summed E-state index contributed by atoms with van der Waals surface area (Å²) in [4.78, 5) is 14.1. The van der Waals surface area contributed by atoms with Crippen LogP contribution in [0.15, 0.2) is 34.1 Å². The van der Waals surface area contributed by atoms with E-state index in [0.29, 0.717) is 5.52 Å². The number of aromatic nitrogens is 1. The first kappa shape index (κ1) is 11.1. The molecule has 0 amide bonds. The molecule has 1 heterocycles. The van der Waals surface area contributed by atoms with Gasteiger partial charge in [0.25, 0.3) is 0 Å². The van der Waals surface area contributed by atoms with E-state index in [-0.39, 0.29) is 20.7 Å². The molecule has 2 aromatic rings. The maximum atomic E-state index is 11.5. The van der Waals surface area contributed by atoms with E-state index in [1.807, 2.05) is 0 Å². The van der Waals surface area contributed by atoms with Crippen molar-refractivity contribution in [1.82, 2.24) is 4.98 Å². The summed E-state index contributed by atoms with van der Waals surface area (Å²) in [6.45, 7) is 0. The van der Waals surface area contributed by atoms with Crippen LogP contribution in [0.5, 0.6) is 0 Å². The molecule has 1 aromatic carbocycles. The quantitative estimate of drug-likeness (QED) is 0.793. The van der Waals surface area contributed by atoms with Gasteiger partial charge in [0.2, 0.25) is 10.0 Å². The second kappa shape index (κ2) is 3.58. The minimum atomic E-state index is -3.87. The van der Waals surface area contributed by atoms with Crippen molar-refractivity contribution in [3.05, 3.63) is 39.6 Å². The van der Waals surface area contributed by atoms with Crippen LogP contribution in [0.2, 0.25) is 5.02 Å². The zero-order valence-electron chi connectivity index (χ0n) is 7.90. The molecule has 0 bridgehead atoms. The number of benzene rings is 1. The minimum absolute atomic E-state index is 0.138. The zero-order valence-corrected chi connectivity index (χ0v) is 9.47. The summed E-state index contributed by atoms with van der Waals surface area (Å²) in [6, 6.07) is 3.69. The molecule has 5 nitrogen and oxygen atoms in total. The lowest BCUT2D eigenvalue weighted by Crippen LogP contribution is -2.13. The van der Waals surface area contributed by atoms with Crippen LogP contribution in [0.3, 0.4) is 0 Å². The van der Waals surface area contributed by atoms with Gasteiger partial charge >= 0.3 is 0 Å². The number of H-pyrrole nitrogens is 1. The van der Waals surface area contributed by atoms with Crippen molar-refractivity contribution < 1.29 is 8.42 Å². The fourth-order valence-corrected chi connectivity index (χ4v) is 2.28. The molecule has 16 heavy (non-hydrogen) atoms. The van der Waals surface area contributed by atoms with Crippen molar-refractivity contribution in [3.63, 3.8) is 0 Å². The van der Waals surface area contributed by atoms with E-state index in [1.165, 1.54) is 24.4 Å². The largest absolute Gasteiger partial charge is 0.360 e. The number of nitrogens with two attached hydrogens (primary N) is 1. The number of hydrogen-bond donors (Lipinski definition) is 2. The summed E-state index contributed by atoms with van der Waals surface area (Å²) in [5.74, 6) is 0. The standard InChI is InChI=1S/C9H7ClN2O3S/c10-7-4-5(16(11,14)15)3-6-8(13)1-2-12-9(6)7/h1-4H,(H,12,13)(H2,11,14,15). The van der Waals surface area contributed by atoms with Crippen LogP contribution in [0.25, 0.3) is 10.9 Å². The molecule has 7 heteroatoms. The van der Waals surface area contributed by atoms with Gasteiger partial charge in [0.15, 0.2) is 5.43 Å². The molecule has 0 spiro atoms. The lowest BCUT2D eigenvalue weighted by Gasteiger charge is -2.03. The molecule has 0 unspecified atom stereocenters. The highest BCUT2D eigenvalue weighted by Gasteiger charge is 2.12. The van der Waals surface area contributed by atoms with Crippen LogP contribution < -0.4 is 10.6 Å². The monoisotopic (exact) mass is 258 g/mol. The van der Waals surface area contributed by atoms with E-state index < -0.39 is 10.0 Å². The van der Waals surface area contributed by atoms with E-state index in [9.17, 15) is 13.2 Å². The Balaban J connectivity index is 2.97. The number of halogens is 1. The molecular weight excluding hydrogens is 252 g/mol. The SMILES string of the molecule is NS(=O)(=O)c1cc(Cl)c2[nH]ccc(=O)c2c1. The van der Waals surface area contributed by atoms with Crippen molar-refractivity contribution in [2.45, 2.75) is 4.90 Å². The molecule has 0 aliphatic rings. The Hall–Kier alpha value is -1.37. The molecule has 2 rings (SSSR count). The maximum absolute atomic E-state index is 11.5. The van der Waals surface area contributed by atoms with Crippen LogP contribution in [0.4, 0.5) is 0 Å². The highest BCUT2D eigenvalue weighted by molar-refractivity contribution is 7.89. The molecule has 0 saturated carbocycles. The highest BCUT2D eigenvalue weighted by Crippen LogP contribution is 2.23. The van der Waals surface area contributed by atoms with Gasteiger partial charge in [-0.05, 0) is 12.1 Å². The Morgan fingerprint density at radius 3 is 2.62 bits per heavy atom. The van der Waals surface area contributed by atoms with Gasteiger partial charge in [-0.3, -0.25) is 4.79 Å². The fraction of sp³-hybridized carbons (Fsp3) is 0. The zero-order chi connectivity index (χ0) is 11.9. The third kappa shape index (κ3) is 1.82. The van der Waals surface area contributed by atoms with Crippen LogP contribution in [0, 0.1) is 0 Å². The van der Waals surface area contributed by atoms with Crippen LogP contribution in [-0.4, -0.2) is 13.4 Å². The summed E-state index contributed by atoms with van der Waals surface area (Å²) in [7, 11) is -3.87. The first-order valence-electron chi connectivity index (χ1n) is 4.23. The normalized spacial score (nSPS) is 11.9. The third-order valence-corrected chi connectivity index (χ3v) is 3.31. The Kier molecular flexibility index (Phi) is 2.49. The molecule has 0 aliphatic heterocycles. The van der Waals surface area contributed by atoms with Gasteiger partial charge in [-0.25, -0.2) is 13.6 Å². The number of rotatable bonds is 1. The van der Waals surface area contributed by atoms with Crippen molar-refractivity contribution in [2.24, 2.45) is 5.14 Å². The smallest absolute Gasteiger partial charge is 0.238 e. The number of fused-ring (bicyclic) bond motifs is 1. The lowest BCUT2D eigenvalue weighted by molar-refractivity contribution is 0.598. The van der Waals surface area contributed by atoms with Gasteiger partial charge in [0.05, 0.1) is 15.4 Å². The van der Waals surface area contributed by atoms with Crippen molar-refractivity contribution in [1.29, 1.82) is 0 Å². The van der Waals surface area contributed by atoms with Gasteiger partial charge in [-0.15, -0.1) is 0 Å². The molecule has 0 aliphatic carbocycles. The number of pyridine rings is 1. The maximum Gasteiger partial charge on any atom is 0.238 e. The third-order valence-electron chi connectivity index (χ3n) is 2.12. The van der Waals surface area contributed by atoms with E-state index >= 15 is 0 Å². The van der Waals surface area contributed by atoms with Crippen LogP contribution in [0.1, 0.15) is 0 Å². The van der Waals surface area contributed by atoms with Gasteiger partial charge in [0.1, 0.15) is 0 Å². The average molecular weight is 259 g/mol. The Bertz CT molecular complexity index is 721. The predicted molar refractivity (Wildman–Crippen MR) is 61.0 cm³/mol. The molecule has 0 fully saturated rings. The van der Waals surface area contributed by atoms with E-state index in [2.05, 4.69) is 4.98 Å². The molecule has 84 valence electrons. The minimum Gasteiger partial charge on any atom is -0.360 e. The van der Waals surface area contributed by atoms with Gasteiger partial charge in [0, 0.05) is 17.6 Å². The van der Waals surface area contributed by atoms with E-state index in [0.717, 1.165) is 0 Å². The molecule has 0 saturated heterocycles. The fourth-order valence-electron chi connectivity index (χ4n) is 1.38. The average Bonchev–Trinajstić information content (AvgIpc) is 2.18. The first-order chi connectivity index (χ1) is 7.39. The Labute approximate surface area is 95.9 Å². The Morgan fingerprint density at radius 1 is 1.31 bits per heavy atom. The van der Waals surface area contributed by atoms with Gasteiger partial charge in [-0.2, -0.15) is 0 Å². The number of nitrogens with one attached hydrogen (secondary N) is 1. The van der Waals surface area contributed by atoms with Gasteiger partial charge in [-0.1, -0.05) is 11.6 Å². The van der Waals surface area contributed by atoms with Crippen molar-refractivity contribution in [3.8, 4) is 0 Å². The topological polar surface area (TPSA) is 93.0 Å². The predicted octanol–water partition coefficient (Wildman–Crippen LogP) is 0.829. The summed E-state index contributed by atoms with van der Waals surface area (Å²) in [5.41, 5.74) is 0.0720. The van der Waals surface area contributed by atoms with Crippen molar-refractivity contribution in [2.75, 3.05) is 0 Å². The number of primary sulfonamides is 1. The number of hydrogen-bond acceptors (Lipinski definition) is 3.